The van der Waals surface area contributed by atoms with Crippen molar-refractivity contribution in [1.82, 2.24) is 9.97 Å². The monoisotopic (exact) mass is 455 g/mol. The first kappa shape index (κ1) is 22.9. The maximum absolute atomic E-state index is 13.3. The van der Waals surface area contributed by atoms with Crippen molar-refractivity contribution in [3.8, 4) is 0 Å². The Morgan fingerprint density at radius 1 is 1.15 bits per heavy atom. The molecule has 0 fully saturated rings. The summed E-state index contributed by atoms with van der Waals surface area (Å²) in [7, 11) is 1.99. The van der Waals surface area contributed by atoms with Crippen molar-refractivity contribution in [2.75, 3.05) is 23.0 Å². The minimum Gasteiger partial charge on any atom is -0.399 e. The fraction of sp³-hybridized carbons (Fsp3) is 0.360. The van der Waals surface area contributed by atoms with Gasteiger partial charge >= 0.3 is 6.18 Å². The molecule has 0 bridgehead atoms. The normalized spacial score (nSPS) is 16.6. The second-order valence-electron chi connectivity index (χ2n) is 9.44. The molecule has 1 aromatic heterocycles. The summed E-state index contributed by atoms with van der Waals surface area (Å²) in [6.07, 6.45) is -3.63. The molecule has 0 aliphatic carbocycles. The van der Waals surface area contributed by atoms with Crippen LogP contribution < -0.4 is 16.0 Å². The highest BCUT2D eigenvalue weighted by Gasteiger charge is 2.33. The molecular weight excluding hydrogens is 427 g/mol. The topological polar surface area (TPSA) is 67.1 Å². The largest absolute Gasteiger partial charge is 0.416 e. The highest BCUT2D eigenvalue weighted by Crippen LogP contribution is 2.44. The third kappa shape index (κ3) is 4.21. The maximum atomic E-state index is 13.3. The van der Waals surface area contributed by atoms with E-state index in [9.17, 15) is 13.2 Å². The van der Waals surface area contributed by atoms with Gasteiger partial charge in [-0.25, -0.2) is 9.97 Å². The van der Waals surface area contributed by atoms with E-state index in [1.165, 1.54) is 5.56 Å². The van der Waals surface area contributed by atoms with Crippen molar-refractivity contribution in [3.05, 3.63) is 65.1 Å². The standard InChI is InChI=1S/C25H28F3N5/c1-13(16-7-18(25(26,27)28)10-19(29)8-16)30-23-20-11-22-17(9-21(20)31-15(3)32-23)12-24(4,5)14(2)33(22)6/h7-11,13H,2,12,29H2,1,3-6H3,(H,30,31,32)/t13-/m1/s1. The van der Waals surface area contributed by atoms with Gasteiger partial charge in [-0.15, -0.1) is 0 Å². The number of nitrogen functional groups attached to an aromatic ring is 1. The van der Waals surface area contributed by atoms with Gasteiger partial charge in [0.15, 0.2) is 0 Å². The summed E-state index contributed by atoms with van der Waals surface area (Å²) in [6.45, 7) is 12.2. The molecule has 5 nitrogen and oxygen atoms in total. The Morgan fingerprint density at radius 3 is 2.52 bits per heavy atom. The zero-order chi connectivity index (χ0) is 24.3. The van der Waals surface area contributed by atoms with Crippen molar-refractivity contribution < 1.29 is 13.2 Å². The molecule has 8 heteroatoms. The number of rotatable bonds is 3. The molecule has 1 aliphatic rings. The number of anilines is 3. The van der Waals surface area contributed by atoms with Gasteiger partial charge in [-0.3, -0.25) is 0 Å². The summed E-state index contributed by atoms with van der Waals surface area (Å²) in [5, 5.41) is 4.08. The van der Waals surface area contributed by atoms with Crippen LogP contribution in [-0.4, -0.2) is 17.0 Å². The summed E-state index contributed by atoms with van der Waals surface area (Å²) in [5.41, 5.74) is 9.41. The number of nitrogens with one attached hydrogen (secondary N) is 1. The van der Waals surface area contributed by atoms with Crippen molar-refractivity contribution in [2.24, 2.45) is 5.41 Å². The summed E-state index contributed by atoms with van der Waals surface area (Å²) < 4.78 is 39.8. The van der Waals surface area contributed by atoms with E-state index in [2.05, 4.69) is 46.7 Å². The lowest BCUT2D eigenvalue weighted by Crippen LogP contribution is -2.35. The number of hydrogen-bond acceptors (Lipinski definition) is 5. The summed E-state index contributed by atoms with van der Waals surface area (Å²) >= 11 is 0. The number of nitrogens with zero attached hydrogens (tertiary/aromatic N) is 3. The number of allylic oxidation sites excluding steroid dienone is 1. The minimum absolute atomic E-state index is 0.0639. The molecule has 2 heterocycles. The number of alkyl halides is 3. The first-order chi connectivity index (χ1) is 15.3. The molecule has 0 saturated heterocycles. The Hall–Kier alpha value is -3.29. The van der Waals surface area contributed by atoms with Crippen molar-refractivity contribution >= 4 is 28.1 Å². The van der Waals surface area contributed by atoms with E-state index in [-0.39, 0.29) is 11.1 Å². The number of nitrogens with two attached hydrogens (primary N) is 1. The Balaban J connectivity index is 1.78. The molecule has 3 N–H and O–H groups in total. The Kier molecular flexibility index (Phi) is 5.30. The summed E-state index contributed by atoms with van der Waals surface area (Å²) in [4.78, 5) is 11.3. The predicted octanol–water partition coefficient (Wildman–Crippen LogP) is 6.24. The third-order valence-electron chi connectivity index (χ3n) is 6.35. The Bertz CT molecular complexity index is 1260. The zero-order valence-electron chi connectivity index (χ0n) is 19.4. The van der Waals surface area contributed by atoms with Crippen LogP contribution in [0.25, 0.3) is 10.9 Å². The second kappa shape index (κ2) is 7.64. The lowest BCUT2D eigenvalue weighted by Gasteiger charge is -2.41. The van der Waals surface area contributed by atoms with E-state index in [1.807, 2.05) is 13.1 Å². The van der Waals surface area contributed by atoms with Crippen LogP contribution in [0.1, 0.15) is 49.3 Å². The molecule has 2 aromatic carbocycles. The molecule has 1 atom stereocenters. The lowest BCUT2D eigenvalue weighted by atomic mass is 9.78. The molecule has 174 valence electrons. The van der Waals surface area contributed by atoms with Crippen LogP contribution in [-0.2, 0) is 12.6 Å². The number of halogens is 3. The van der Waals surface area contributed by atoms with Crippen LogP contribution >= 0.6 is 0 Å². The number of benzene rings is 2. The highest BCUT2D eigenvalue weighted by atomic mass is 19.4. The lowest BCUT2D eigenvalue weighted by molar-refractivity contribution is -0.137. The van der Waals surface area contributed by atoms with Gasteiger partial charge in [0.25, 0.3) is 0 Å². The summed E-state index contributed by atoms with van der Waals surface area (Å²) in [5.74, 6) is 1.14. The minimum atomic E-state index is -4.47. The molecular formula is C25H28F3N5. The predicted molar refractivity (Wildman–Crippen MR) is 127 cm³/mol. The van der Waals surface area contributed by atoms with Gasteiger partial charge in [0.2, 0.25) is 0 Å². The van der Waals surface area contributed by atoms with Gasteiger partial charge < -0.3 is 16.0 Å². The van der Waals surface area contributed by atoms with E-state index in [1.54, 1.807) is 19.9 Å². The smallest absolute Gasteiger partial charge is 0.399 e. The molecule has 4 rings (SSSR count). The van der Waals surface area contributed by atoms with Crippen LogP contribution in [0, 0.1) is 12.3 Å². The van der Waals surface area contributed by atoms with Gasteiger partial charge in [-0.2, -0.15) is 13.2 Å². The van der Waals surface area contributed by atoms with E-state index in [0.717, 1.165) is 40.8 Å². The molecule has 0 spiro atoms. The average molecular weight is 456 g/mol. The third-order valence-corrected chi connectivity index (χ3v) is 6.35. The van der Waals surface area contributed by atoms with Crippen LogP contribution in [0.2, 0.25) is 0 Å². The Morgan fingerprint density at radius 2 is 1.85 bits per heavy atom. The van der Waals surface area contributed by atoms with E-state index in [4.69, 9.17) is 5.73 Å². The van der Waals surface area contributed by atoms with Crippen molar-refractivity contribution in [3.63, 3.8) is 0 Å². The molecule has 1 aliphatic heterocycles. The average Bonchev–Trinajstić information content (AvgIpc) is 2.69. The molecule has 0 saturated carbocycles. The van der Waals surface area contributed by atoms with Crippen molar-refractivity contribution in [1.29, 1.82) is 0 Å². The number of hydrogen-bond donors (Lipinski definition) is 2. The van der Waals surface area contributed by atoms with Crippen LogP contribution in [0.3, 0.4) is 0 Å². The first-order valence-electron chi connectivity index (χ1n) is 10.7. The molecule has 0 radical (unpaired) electrons. The van der Waals surface area contributed by atoms with E-state index < -0.39 is 17.8 Å². The SMILES string of the molecule is C=C1N(C)c2cc3c(N[C@H](C)c4cc(N)cc(C(F)(F)F)c4)nc(C)nc3cc2CC1(C)C. The van der Waals surface area contributed by atoms with Crippen molar-refractivity contribution in [2.45, 2.75) is 46.3 Å². The molecule has 0 amide bonds. The fourth-order valence-electron chi connectivity index (χ4n) is 4.44. The molecule has 0 unspecified atom stereocenters. The fourth-order valence-corrected chi connectivity index (χ4v) is 4.44. The summed E-state index contributed by atoms with van der Waals surface area (Å²) in [6, 6.07) is 7.24. The first-order valence-corrected chi connectivity index (χ1v) is 10.7. The molecule has 33 heavy (non-hydrogen) atoms. The van der Waals surface area contributed by atoms with Gasteiger partial charge in [0, 0.05) is 34.9 Å². The maximum Gasteiger partial charge on any atom is 0.416 e. The second-order valence-corrected chi connectivity index (χ2v) is 9.44. The van der Waals surface area contributed by atoms with Gasteiger partial charge in [-0.05, 0) is 61.7 Å². The molecule has 3 aromatic rings. The van der Waals surface area contributed by atoms with Gasteiger partial charge in [0.05, 0.1) is 17.1 Å². The number of aromatic nitrogens is 2. The number of fused-ring (bicyclic) bond motifs is 2. The van der Waals surface area contributed by atoms with Gasteiger partial charge in [0.1, 0.15) is 11.6 Å². The Labute approximate surface area is 191 Å². The van der Waals surface area contributed by atoms with Crippen LogP contribution in [0.4, 0.5) is 30.4 Å². The highest BCUT2D eigenvalue weighted by molar-refractivity contribution is 5.93. The zero-order valence-corrected chi connectivity index (χ0v) is 19.4. The van der Waals surface area contributed by atoms with E-state index >= 15 is 0 Å². The van der Waals surface area contributed by atoms with Crippen LogP contribution in [0.15, 0.2) is 42.6 Å². The van der Waals surface area contributed by atoms with Crippen LogP contribution in [0.5, 0.6) is 0 Å². The van der Waals surface area contributed by atoms with E-state index in [0.29, 0.717) is 17.2 Å². The number of aryl methyl sites for hydroxylation is 1. The van der Waals surface area contributed by atoms with Gasteiger partial charge in [-0.1, -0.05) is 20.4 Å². The quantitative estimate of drug-likeness (QED) is 0.457.